The number of sulfonamides is 1. The summed E-state index contributed by atoms with van der Waals surface area (Å²) in [5.41, 5.74) is 8.52. The summed E-state index contributed by atoms with van der Waals surface area (Å²) in [6.45, 7) is 7.57. The van der Waals surface area contributed by atoms with Gasteiger partial charge in [0.2, 0.25) is 10.0 Å². The average Bonchev–Trinajstić information content (AvgIpc) is 3.08. The lowest BCUT2D eigenvalue weighted by Gasteiger charge is -2.12. The standard InChI is InChI=1S/C20H29N5O4S/c1-4-28-13-17-24-18-19(15-7-5-6-8-16(15)23-20(18)21)25(17)10-12-29-11-9-22-30(26,27)14(2)3/h5-8,14,22H,4,9-13H2,1-3H3,(H2,21,23). The fraction of sp³-hybridized carbons (Fsp3) is 0.500. The molecule has 0 spiro atoms. The number of aromatic nitrogens is 3. The average molecular weight is 436 g/mol. The molecule has 2 heterocycles. The van der Waals surface area contributed by atoms with Gasteiger partial charge in [-0.15, -0.1) is 0 Å². The zero-order chi connectivity index (χ0) is 21.7. The van der Waals surface area contributed by atoms with Crippen molar-refractivity contribution in [1.82, 2.24) is 19.3 Å². The Morgan fingerprint density at radius 2 is 1.93 bits per heavy atom. The quantitative estimate of drug-likeness (QED) is 0.442. The smallest absolute Gasteiger partial charge is 0.214 e. The van der Waals surface area contributed by atoms with Crippen LogP contribution in [0.15, 0.2) is 24.3 Å². The topological polar surface area (TPSA) is 121 Å². The highest BCUT2D eigenvalue weighted by Crippen LogP contribution is 2.29. The third-order valence-electron chi connectivity index (χ3n) is 4.75. The van der Waals surface area contributed by atoms with E-state index in [1.807, 2.05) is 35.8 Å². The van der Waals surface area contributed by atoms with Crippen LogP contribution in [-0.4, -0.2) is 54.6 Å². The van der Waals surface area contributed by atoms with Gasteiger partial charge in [0.1, 0.15) is 17.9 Å². The number of para-hydroxylation sites is 1. The lowest BCUT2D eigenvalue weighted by atomic mass is 10.2. The van der Waals surface area contributed by atoms with Gasteiger partial charge in [-0.2, -0.15) is 0 Å². The van der Waals surface area contributed by atoms with E-state index in [9.17, 15) is 8.42 Å². The summed E-state index contributed by atoms with van der Waals surface area (Å²) < 4.78 is 39.4. The summed E-state index contributed by atoms with van der Waals surface area (Å²) in [5.74, 6) is 1.13. The number of nitrogens with zero attached hydrogens (tertiary/aromatic N) is 3. The van der Waals surface area contributed by atoms with Crippen molar-refractivity contribution in [2.45, 2.75) is 39.2 Å². The molecule has 9 nitrogen and oxygen atoms in total. The lowest BCUT2D eigenvalue weighted by Crippen LogP contribution is -2.33. The van der Waals surface area contributed by atoms with E-state index in [-0.39, 0.29) is 13.2 Å². The first kappa shape index (κ1) is 22.4. The first-order valence-electron chi connectivity index (χ1n) is 10.0. The van der Waals surface area contributed by atoms with E-state index in [4.69, 9.17) is 15.2 Å². The molecular weight excluding hydrogens is 406 g/mol. The molecule has 2 aromatic heterocycles. The second-order valence-electron chi connectivity index (χ2n) is 7.13. The Kier molecular flexibility index (Phi) is 7.24. The molecule has 0 amide bonds. The van der Waals surface area contributed by atoms with Crippen LogP contribution in [0.4, 0.5) is 5.82 Å². The summed E-state index contributed by atoms with van der Waals surface area (Å²) in [6.07, 6.45) is 0. The van der Waals surface area contributed by atoms with Crippen molar-refractivity contribution >= 4 is 37.8 Å². The molecule has 0 radical (unpaired) electrons. The van der Waals surface area contributed by atoms with E-state index in [1.54, 1.807) is 13.8 Å². The molecule has 164 valence electrons. The maximum absolute atomic E-state index is 11.8. The third-order valence-corrected chi connectivity index (χ3v) is 6.60. The van der Waals surface area contributed by atoms with Crippen LogP contribution in [0.25, 0.3) is 21.9 Å². The number of anilines is 1. The summed E-state index contributed by atoms with van der Waals surface area (Å²) in [6, 6.07) is 7.79. The van der Waals surface area contributed by atoms with Crippen molar-refractivity contribution in [2.75, 3.05) is 32.1 Å². The molecule has 0 fully saturated rings. The lowest BCUT2D eigenvalue weighted by molar-refractivity contribution is 0.115. The molecule has 0 saturated carbocycles. The van der Waals surface area contributed by atoms with Gasteiger partial charge in [-0.25, -0.2) is 23.1 Å². The fourth-order valence-corrected chi connectivity index (χ4v) is 3.83. The predicted octanol–water partition coefficient (Wildman–Crippen LogP) is 2.05. The van der Waals surface area contributed by atoms with E-state index >= 15 is 0 Å². The second kappa shape index (κ2) is 9.69. The normalized spacial score (nSPS) is 12.4. The highest BCUT2D eigenvalue weighted by Gasteiger charge is 2.17. The summed E-state index contributed by atoms with van der Waals surface area (Å²) in [4.78, 5) is 9.13. The van der Waals surface area contributed by atoms with Crippen LogP contribution in [0.3, 0.4) is 0 Å². The number of imidazole rings is 1. The molecule has 3 N–H and O–H groups in total. The minimum atomic E-state index is -3.29. The summed E-state index contributed by atoms with van der Waals surface area (Å²) in [5, 5.41) is 0.491. The van der Waals surface area contributed by atoms with Crippen molar-refractivity contribution in [2.24, 2.45) is 0 Å². The molecule has 3 aromatic rings. The number of fused-ring (bicyclic) bond motifs is 3. The molecule has 0 aliphatic carbocycles. The van der Waals surface area contributed by atoms with Crippen LogP contribution in [0.2, 0.25) is 0 Å². The van der Waals surface area contributed by atoms with Crippen LogP contribution in [0.5, 0.6) is 0 Å². The van der Waals surface area contributed by atoms with E-state index in [0.717, 1.165) is 22.2 Å². The van der Waals surface area contributed by atoms with E-state index in [0.29, 0.717) is 37.7 Å². The van der Waals surface area contributed by atoms with Gasteiger partial charge in [-0.05, 0) is 26.8 Å². The Bertz CT molecular complexity index is 1110. The van der Waals surface area contributed by atoms with Crippen LogP contribution in [-0.2, 0) is 32.6 Å². The molecule has 0 bridgehead atoms. The van der Waals surface area contributed by atoms with Gasteiger partial charge in [-0.3, -0.25) is 0 Å². The monoisotopic (exact) mass is 435 g/mol. The molecular formula is C20H29N5O4S. The molecule has 0 unspecified atom stereocenters. The summed E-state index contributed by atoms with van der Waals surface area (Å²) >= 11 is 0. The van der Waals surface area contributed by atoms with Crippen LogP contribution >= 0.6 is 0 Å². The predicted molar refractivity (Wildman–Crippen MR) is 118 cm³/mol. The first-order chi connectivity index (χ1) is 14.3. The molecule has 0 aliphatic heterocycles. The van der Waals surface area contributed by atoms with Gasteiger partial charge in [0.15, 0.2) is 5.82 Å². The van der Waals surface area contributed by atoms with Gasteiger partial charge in [-0.1, -0.05) is 18.2 Å². The van der Waals surface area contributed by atoms with Gasteiger partial charge in [0.05, 0.1) is 29.5 Å². The minimum absolute atomic E-state index is 0.233. The van der Waals surface area contributed by atoms with Crippen molar-refractivity contribution < 1.29 is 17.9 Å². The number of ether oxygens (including phenoxy) is 2. The van der Waals surface area contributed by atoms with Gasteiger partial charge >= 0.3 is 0 Å². The Balaban J connectivity index is 1.78. The SMILES string of the molecule is CCOCc1nc2c(N)nc3ccccc3c2n1CCOCCNS(=O)(=O)C(C)C. The van der Waals surface area contributed by atoms with Crippen molar-refractivity contribution in [1.29, 1.82) is 0 Å². The largest absolute Gasteiger partial charge is 0.382 e. The number of rotatable bonds is 11. The maximum atomic E-state index is 11.8. The van der Waals surface area contributed by atoms with Crippen LogP contribution in [0.1, 0.15) is 26.6 Å². The molecule has 0 aliphatic rings. The highest BCUT2D eigenvalue weighted by molar-refractivity contribution is 7.90. The zero-order valence-electron chi connectivity index (χ0n) is 17.6. The Morgan fingerprint density at radius 1 is 1.17 bits per heavy atom. The number of hydrogen-bond acceptors (Lipinski definition) is 7. The number of nitrogens with one attached hydrogen (secondary N) is 1. The van der Waals surface area contributed by atoms with Crippen molar-refractivity contribution in [3.63, 3.8) is 0 Å². The number of benzene rings is 1. The van der Waals surface area contributed by atoms with Gasteiger partial charge in [0, 0.05) is 25.1 Å². The van der Waals surface area contributed by atoms with Crippen molar-refractivity contribution in [3.8, 4) is 0 Å². The van der Waals surface area contributed by atoms with Crippen LogP contribution < -0.4 is 10.5 Å². The van der Waals surface area contributed by atoms with E-state index in [2.05, 4.69) is 14.7 Å². The van der Waals surface area contributed by atoms with Crippen molar-refractivity contribution in [3.05, 3.63) is 30.1 Å². The molecule has 30 heavy (non-hydrogen) atoms. The zero-order valence-corrected chi connectivity index (χ0v) is 18.4. The third kappa shape index (κ3) is 4.89. The molecule has 0 saturated heterocycles. The molecule has 0 atom stereocenters. The van der Waals surface area contributed by atoms with E-state index in [1.165, 1.54) is 0 Å². The number of nitrogens with two attached hydrogens (primary N) is 1. The maximum Gasteiger partial charge on any atom is 0.214 e. The number of hydrogen-bond donors (Lipinski definition) is 2. The Hall–Kier alpha value is -2.27. The highest BCUT2D eigenvalue weighted by atomic mass is 32.2. The van der Waals surface area contributed by atoms with Gasteiger partial charge < -0.3 is 19.8 Å². The Morgan fingerprint density at radius 3 is 2.67 bits per heavy atom. The summed E-state index contributed by atoms with van der Waals surface area (Å²) in [7, 11) is -3.29. The van der Waals surface area contributed by atoms with Gasteiger partial charge in [0.25, 0.3) is 0 Å². The molecule has 1 aromatic carbocycles. The molecule has 3 rings (SSSR count). The van der Waals surface area contributed by atoms with Crippen LogP contribution in [0, 0.1) is 0 Å². The van der Waals surface area contributed by atoms with E-state index < -0.39 is 15.3 Å². The number of nitrogen functional groups attached to an aromatic ring is 1. The number of pyridine rings is 1. The molecule has 10 heteroatoms. The second-order valence-corrected chi connectivity index (χ2v) is 9.45. The fourth-order valence-electron chi connectivity index (χ4n) is 3.13. The Labute approximate surface area is 176 Å². The minimum Gasteiger partial charge on any atom is -0.382 e. The first-order valence-corrected chi connectivity index (χ1v) is 11.6.